The average molecular weight is 442 g/mol. The minimum atomic E-state index is -5.14. The number of hydrogen-bond donors (Lipinski definition) is 1. The predicted molar refractivity (Wildman–Crippen MR) is 100 cm³/mol. The van der Waals surface area contributed by atoms with Crippen LogP contribution in [-0.2, 0) is 23.8 Å². The maximum Gasteiger partial charge on any atom is 0.490 e. The Kier molecular flexibility index (Phi) is 5.56. The van der Waals surface area contributed by atoms with Crippen LogP contribution in [0.5, 0.6) is 5.75 Å². The van der Waals surface area contributed by atoms with Crippen LogP contribution in [0.2, 0.25) is 0 Å². The monoisotopic (exact) mass is 442 g/mol. The quantitative estimate of drug-likeness (QED) is 0.543. The number of ether oxygens (including phenoxy) is 4. The van der Waals surface area contributed by atoms with Crippen LogP contribution in [0.1, 0.15) is 29.6 Å². The highest BCUT2D eigenvalue weighted by atomic mass is 19.4. The van der Waals surface area contributed by atoms with Crippen molar-refractivity contribution in [2.45, 2.75) is 30.8 Å². The molecular weight excluding hydrogens is 421 g/mol. The van der Waals surface area contributed by atoms with Crippen molar-refractivity contribution in [3.05, 3.63) is 29.5 Å². The highest BCUT2D eigenvalue weighted by molar-refractivity contribution is 5.90. The Labute approximate surface area is 175 Å². The Balaban J connectivity index is 1.79. The molecule has 31 heavy (non-hydrogen) atoms. The molecule has 0 aliphatic carbocycles. The largest absolute Gasteiger partial charge is 0.497 e. The molecule has 4 unspecified atom stereocenters. The number of H-pyrrole nitrogens is 1. The van der Waals surface area contributed by atoms with Gasteiger partial charge in [-0.1, -0.05) is 0 Å². The van der Waals surface area contributed by atoms with Crippen LogP contribution in [-0.4, -0.2) is 68.2 Å². The summed E-state index contributed by atoms with van der Waals surface area (Å²) in [7, 11) is 2.96. The van der Waals surface area contributed by atoms with E-state index in [1.807, 2.05) is 0 Å². The standard InChI is InChI=1S/C20H21F3N2O6/c1-28-7-8-30-18(26)16-15-14(12-9-10(29-2)3-4-13(12)24-15)11-5-6-25(16)17(11)31-19(27)20(21,22)23/h3-4,9,11,16-17,24H,5-8H2,1-2H3. The summed E-state index contributed by atoms with van der Waals surface area (Å²) in [5.74, 6) is -2.94. The second-order valence-electron chi connectivity index (χ2n) is 7.35. The Morgan fingerprint density at radius 1 is 1.23 bits per heavy atom. The summed E-state index contributed by atoms with van der Waals surface area (Å²) in [4.78, 5) is 29.2. The van der Waals surface area contributed by atoms with Gasteiger partial charge in [0.15, 0.2) is 12.3 Å². The van der Waals surface area contributed by atoms with E-state index in [-0.39, 0.29) is 19.8 Å². The summed E-state index contributed by atoms with van der Waals surface area (Å²) in [6, 6.07) is 4.19. The van der Waals surface area contributed by atoms with Crippen LogP contribution in [0.25, 0.3) is 10.9 Å². The van der Waals surface area contributed by atoms with Crippen molar-refractivity contribution in [1.82, 2.24) is 9.88 Å². The first-order chi connectivity index (χ1) is 14.8. The van der Waals surface area contributed by atoms with Gasteiger partial charge in [0, 0.05) is 36.2 Å². The molecule has 0 radical (unpaired) electrons. The highest BCUT2D eigenvalue weighted by Crippen LogP contribution is 2.50. The molecule has 1 saturated heterocycles. The molecule has 2 aliphatic heterocycles. The molecule has 3 heterocycles. The zero-order valence-electron chi connectivity index (χ0n) is 16.8. The SMILES string of the molecule is COCCOC(=O)C1c2[nH]c3ccc(OC)cc3c2C2CCN1C2OC(=O)C(F)(F)F. The molecule has 4 rings (SSSR count). The zero-order chi connectivity index (χ0) is 22.3. The van der Waals surface area contributed by atoms with Crippen LogP contribution in [0.4, 0.5) is 13.2 Å². The average Bonchev–Trinajstić information content (AvgIpc) is 3.24. The lowest BCUT2D eigenvalue weighted by atomic mass is 9.89. The zero-order valence-corrected chi connectivity index (χ0v) is 16.8. The number of nitrogens with one attached hydrogen (secondary N) is 1. The van der Waals surface area contributed by atoms with Gasteiger partial charge in [0.05, 0.1) is 13.7 Å². The Morgan fingerprint density at radius 3 is 2.68 bits per heavy atom. The number of carbonyl (C=O) groups excluding carboxylic acids is 2. The van der Waals surface area contributed by atoms with Crippen molar-refractivity contribution in [1.29, 1.82) is 0 Å². The van der Waals surface area contributed by atoms with Crippen molar-refractivity contribution in [2.24, 2.45) is 0 Å². The Morgan fingerprint density at radius 2 is 2.00 bits per heavy atom. The molecule has 1 aromatic carbocycles. The predicted octanol–water partition coefficient (Wildman–Crippen LogP) is 2.64. The molecule has 0 saturated carbocycles. The molecule has 168 valence electrons. The topological polar surface area (TPSA) is 90.1 Å². The van der Waals surface area contributed by atoms with Crippen LogP contribution in [0.3, 0.4) is 0 Å². The van der Waals surface area contributed by atoms with Gasteiger partial charge in [-0.05, 0) is 30.2 Å². The molecular formula is C20H21F3N2O6. The van der Waals surface area contributed by atoms with E-state index in [9.17, 15) is 22.8 Å². The molecule has 8 nitrogen and oxygen atoms in total. The molecule has 1 fully saturated rings. The van der Waals surface area contributed by atoms with E-state index in [0.29, 0.717) is 34.3 Å². The van der Waals surface area contributed by atoms with Gasteiger partial charge >= 0.3 is 18.1 Å². The number of nitrogens with zero attached hydrogens (tertiary/aromatic N) is 1. The van der Waals surface area contributed by atoms with E-state index in [1.54, 1.807) is 18.2 Å². The first-order valence-electron chi connectivity index (χ1n) is 9.65. The van der Waals surface area contributed by atoms with Gasteiger partial charge in [-0.2, -0.15) is 13.2 Å². The third-order valence-corrected chi connectivity index (χ3v) is 5.64. The lowest BCUT2D eigenvalue weighted by molar-refractivity contribution is -0.215. The first kappa shape index (κ1) is 21.4. The molecule has 0 spiro atoms. The summed E-state index contributed by atoms with van der Waals surface area (Å²) in [5, 5.41) is 0.698. The minimum absolute atomic E-state index is 0.0144. The van der Waals surface area contributed by atoms with Gasteiger partial charge in [-0.3, -0.25) is 0 Å². The maximum atomic E-state index is 12.9. The second kappa shape index (κ2) is 8.04. The van der Waals surface area contributed by atoms with E-state index in [1.165, 1.54) is 19.1 Å². The van der Waals surface area contributed by atoms with Crippen LogP contribution >= 0.6 is 0 Å². The van der Waals surface area contributed by atoms with Gasteiger partial charge < -0.3 is 23.9 Å². The fourth-order valence-electron chi connectivity index (χ4n) is 4.36. The summed E-state index contributed by atoms with van der Waals surface area (Å²) in [6.45, 7) is 0.419. The maximum absolute atomic E-state index is 12.9. The third kappa shape index (κ3) is 3.72. The number of benzene rings is 1. The Bertz CT molecular complexity index is 1000. The van der Waals surface area contributed by atoms with Crippen molar-refractivity contribution < 1.29 is 41.7 Å². The molecule has 0 amide bonds. The number of halogens is 3. The van der Waals surface area contributed by atoms with E-state index < -0.39 is 36.3 Å². The van der Waals surface area contributed by atoms with Gasteiger partial charge in [-0.15, -0.1) is 0 Å². The van der Waals surface area contributed by atoms with Crippen molar-refractivity contribution >= 4 is 22.8 Å². The number of aromatic amines is 1. The molecule has 4 atom stereocenters. The molecule has 11 heteroatoms. The normalized spacial score (nSPS) is 24.7. The summed E-state index contributed by atoms with van der Waals surface area (Å²) >= 11 is 0. The van der Waals surface area contributed by atoms with Crippen LogP contribution < -0.4 is 4.74 Å². The summed E-state index contributed by atoms with van der Waals surface area (Å²) in [5.41, 5.74) is 1.85. The third-order valence-electron chi connectivity index (χ3n) is 5.64. The number of alkyl halides is 3. The van der Waals surface area contributed by atoms with Crippen LogP contribution in [0.15, 0.2) is 18.2 Å². The molecule has 1 aromatic heterocycles. The summed E-state index contributed by atoms with van der Waals surface area (Å²) < 4.78 is 59.0. The number of carbonyl (C=O) groups is 2. The minimum Gasteiger partial charge on any atom is -0.497 e. The van der Waals surface area contributed by atoms with Crippen molar-refractivity contribution in [3.63, 3.8) is 0 Å². The number of hydrogen-bond acceptors (Lipinski definition) is 7. The van der Waals surface area contributed by atoms with Gasteiger partial charge in [0.2, 0.25) is 0 Å². The second-order valence-corrected chi connectivity index (χ2v) is 7.35. The van der Waals surface area contributed by atoms with Gasteiger partial charge in [0.25, 0.3) is 0 Å². The smallest absolute Gasteiger partial charge is 0.490 e. The van der Waals surface area contributed by atoms with Gasteiger partial charge in [-0.25, -0.2) is 14.5 Å². The van der Waals surface area contributed by atoms with E-state index in [2.05, 4.69) is 4.98 Å². The Hall–Kier alpha value is -2.79. The number of aromatic nitrogens is 1. The van der Waals surface area contributed by atoms with E-state index in [0.717, 1.165) is 0 Å². The van der Waals surface area contributed by atoms with Gasteiger partial charge in [0.1, 0.15) is 12.4 Å². The number of fused-ring (bicyclic) bond motifs is 6. The lowest BCUT2D eigenvalue weighted by Gasteiger charge is -2.37. The number of esters is 2. The molecule has 2 aliphatic rings. The van der Waals surface area contributed by atoms with Crippen molar-refractivity contribution in [2.75, 3.05) is 34.0 Å². The van der Waals surface area contributed by atoms with E-state index in [4.69, 9.17) is 18.9 Å². The van der Waals surface area contributed by atoms with Crippen LogP contribution in [0, 0.1) is 0 Å². The lowest BCUT2D eigenvalue weighted by Crippen LogP contribution is -2.47. The van der Waals surface area contributed by atoms with Crippen molar-refractivity contribution in [3.8, 4) is 5.75 Å². The number of methoxy groups -OCH3 is 2. The number of rotatable bonds is 6. The highest BCUT2D eigenvalue weighted by Gasteiger charge is 2.54. The van der Waals surface area contributed by atoms with E-state index >= 15 is 0 Å². The fourth-order valence-corrected chi connectivity index (χ4v) is 4.36. The first-order valence-corrected chi connectivity index (χ1v) is 9.65. The molecule has 1 N–H and O–H groups in total. The molecule has 2 aromatic rings. The summed E-state index contributed by atoms with van der Waals surface area (Å²) in [6.07, 6.45) is -5.97. The molecule has 2 bridgehead atoms. The fraction of sp³-hybridized carbons (Fsp3) is 0.500.